The van der Waals surface area contributed by atoms with Crippen molar-refractivity contribution >= 4 is 12.8 Å². The zero-order valence-electron chi connectivity index (χ0n) is 7.06. The molecular formula is C8H19NS. The monoisotopic (exact) mass is 161 g/mol. The van der Waals surface area contributed by atoms with E-state index in [4.69, 9.17) is 0 Å². The fraction of sp³-hybridized carbons (Fsp3) is 1.00. The Morgan fingerprint density at radius 3 is 2.40 bits per heavy atom. The van der Waals surface area contributed by atoms with Crippen LogP contribution in [0.3, 0.4) is 0 Å². The van der Waals surface area contributed by atoms with E-state index >= 15 is 0 Å². The highest BCUT2D eigenvalue weighted by Gasteiger charge is 1.92. The second-order valence-electron chi connectivity index (χ2n) is 3.15. The van der Waals surface area contributed by atoms with Gasteiger partial charge >= 0.3 is 0 Å². The van der Waals surface area contributed by atoms with Crippen LogP contribution in [0.2, 0.25) is 0 Å². The van der Waals surface area contributed by atoms with E-state index in [1.165, 1.54) is 25.7 Å². The molecule has 0 aromatic heterocycles. The van der Waals surface area contributed by atoms with Crippen molar-refractivity contribution in [1.82, 2.24) is 4.72 Å². The number of rotatable bonds is 6. The molecule has 1 nitrogen and oxygen atoms in total. The molecule has 2 heteroatoms. The molecule has 0 amide bonds. The molecular weight excluding hydrogens is 142 g/mol. The molecule has 0 aliphatic heterocycles. The first-order chi connectivity index (χ1) is 4.77. The molecule has 0 saturated heterocycles. The summed E-state index contributed by atoms with van der Waals surface area (Å²) in [6.07, 6.45) is 5.33. The lowest BCUT2D eigenvalue weighted by Gasteiger charge is -2.02. The van der Waals surface area contributed by atoms with E-state index in [1.54, 1.807) is 0 Å². The molecule has 0 aliphatic rings. The molecule has 0 aliphatic carbocycles. The number of unbranched alkanes of at least 4 members (excludes halogenated alkanes) is 2. The topological polar surface area (TPSA) is 12.0 Å². The van der Waals surface area contributed by atoms with Gasteiger partial charge in [-0.05, 0) is 12.3 Å². The Morgan fingerprint density at radius 1 is 1.20 bits per heavy atom. The first-order valence-electron chi connectivity index (χ1n) is 4.14. The van der Waals surface area contributed by atoms with Crippen molar-refractivity contribution in [2.45, 2.75) is 39.5 Å². The maximum absolute atomic E-state index is 3.91. The van der Waals surface area contributed by atoms with E-state index in [1.807, 2.05) is 0 Å². The zero-order valence-corrected chi connectivity index (χ0v) is 7.95. The number of thiol groups is 1. The van der Waals surface area contributed by atoms with Crippen LogP contribution in [0.25, 0.3) is 0 Å². The molecule has 62 valence electrons. The minimum Gasteiger partial charge on any atom is -0.267 e. The van der Waals surface area contributed by atoms with Crippen LogP contribution in [0.5, 0.6) is 0 Å². The van der Waals surface area contributed by atoms with Crippen LogP contribution < -0.4 is 4.72 Å². The predicted octanol–water partition coefficient (Wildman–Crippen LogP) is 2.64. The minimum absolute atomic E-state index is 0.865. The maximum atomic E-state index is 3.91. The summed E-state index contributed by atoms with van der Waals surface area (Å²) in [5, 5.41) is 0. The van der Waals surface area contributed by atoms with Crippen molar-refractivity contribution in [3.05, 3.63) is 0 Å². The Balaban J connectivity index is 2.77. The smallest absolute Gasteiger partial charge is 0.00561 e. The van der Waals surface area contributed by atoms with Gasteiger partial charge in [-0.25, -0.2) is 0 Å². The first kappa shape index (κ1) is 10.3. The lowest BCUT2D eigenvalue weighted by Crippen LogP contribution is -2.00. The Kier molecular flexibility index (Phi) is 7.65. The van der Waals surface area contributed by atoms with Crippen LogP contribution in [0.1, 0.15) is 39.5 Å². The summed E-state index contributed by atoms with van der Waals surface area (Å²) in [4.78, 5) is 0. The highest BCUT2D eigenvalue weighted by atomic mass is 32.1. The number of hydrogen-bond acceptors (Lipinski definition) is 2. The van der Waals surface area contributed by atoms with Crippen molar-refractivity contribution in [1.29, 1.82) is 0 Å². The van der Waals surface area contributed by atoms with Crippen LogP contribution >= 0.6 is 12.8 Å². The SMILES string of the molecule is CC(C)CCCCCNS. The second-order valence-corrected chi connectivity index (χ2v) is 3.47. The van der Waals surface area contributed by atoms with Crippen molar-refractivity contribution in [2.75, 3.05) is 6.54 Å². The molecule has 10 heavy (non-hydrogen) atoms. The van der Waals surface area contributed by atoms with E-state index in [0.717, 1.165) is 12.5 Å². The zero-order chi connectivity index (χ0) is 7.82. The van der Waals surface area contributed by atoms with Gasteiger partial charge in [0.2, 0.25) is 0 Å². The standard InChI is InChI=1S/C8H19NS/c1-8(2)6-4-3-5-7-9-10/h8-10H,3-7H2,1-2H3. The van der Waals surface area contributed by atoms with Gasteiger partial charge in [-0.2, -0.15) is 0 Å². The van der Waals surface area contributed by atoms with Crippen LogP contribution in [0, 0.1) is 5.92 Å². The Labute approximate surface area is 70.1 Å². The van der Waals surface area contributed by atoms with Gasteiger partial charge in [-0.3, -0.25) is 4.72 Å². The Hall–Kier alpha value is 0.310. The maximum Gasteiger partial charge on any atom is 0.00561 e. The molecule has 0 rings (SSSR count). The van der Waals surface area contributed by atoms with Gasteiger partial charge in [0.15, 0.2) is 0 Å². The first-order valence-corrected chi connectivity index (χ1v) is 4.59. The highest BCUT2D eigenvalue weighted by Crippen LogP contribution is 2.07. The average Bonchev–Trinajstić information content (AvgIpc) is 1.87. The molecule has 0 aromatic carbocycles. The fourth-order valence-electron chi connectivity index (χ4n) is 0.933. The van der Waals surface area contributed by atoms with Gasteiger partial charge in [0, 0.05) is 6.54 Å². The van der Waals surface area contributed by atoms with Gasteiger partial charge in [-0.15, -0.1) is 0 Å². The lowest BCUT2D eigenvalue weighted by atomic mass is 10.1. The van der Waals surface area contributed by atoms with Crippen molar-refractivity contribution in [3.8, 4) is 0 Å². The van der Waals surface area contributed by atoms with Crippen molar-refractivity contribution in [3.63, 3.8) is 0 Å². The van der Waals surface area contributed by atoms with Crippen LogP contribution in [0.4, 0.5) is 0 Å². The second kappa shape index (κ2) is 7.42. The molecule has 0 heterocycles. The molecule has 0 bridgehead atoms. The Morgan fingerprint density at radius 2 is 1.90 bits per heavy atom. The molecule has 0 spiro atoms. The molecule has 0 unspecified atom stereocenters. The van der Waals surface area contributed by atoms with Crippen LogP contribution in [-0.2, 0) is 0 Å². The largest absolute Gasteiger partial charge is 0.267 e. The summed E-state index contributed by atoms with van der Waals surface area (Å²) in [6, 6.07) is 0. The van der Waals surface area contributed by atoms with Gasteiger partial charge in [0.05, 0.1) is 0 Å². The van der Waals surface area contributed by atoms with Gasteiger partial charge in [-0.1, -0.05) is 45.9 Å². The molecule has 0 radical (unpaired) electrons. The minimum atomic E-state index is 0.865. The molecule has 0 aromatic rings. The molecule has 1 N–H and O–H groups in total. The lowest BCUT2D eigenvalue weighted by molar-refractivity contribution is 0.527. The summed E-state index contributed by atoms with van der Waals surface area (Å²) < 4.78 is 2.85. The summed E-state index contributed by atoms with van der Waals surface area (Å²) >= 11 is 3.91. The predicted molar refractivity (Wildman–Crippen MR) is 50.3 cm³/mol. The van der Waals surface area contributed by atoms with Crippen LogP contribution in [0.15, 0.2) is 0 Å². The van der Waals surface area contributed by atoms with E-state index in [-0.39, 0.29) is 0 Å². The summed E-state index contributed by atoms with van der Waals surface area (Å²) in [5.41, 5.74) is 0. The van der Waals surface area contributed by atoms with Crippen molar-refractivity contribution in [2.24, 2.45) is 5.92 Å². The van der Waals surface area contributed by atoms with E-state index < -0.39 is 0 Å². The Bertz CT molecular complexity index is 64.3. The summed E-state index contributed by atoms with van der Waals surface area (Å²) in [6.45, 7) is 5.59. The summed E-state index contributed by atoms with van der Waals surface area (Å²) in [7, 11) is 0. The van der Waals surface area contributed by atoms with E-state index in [2.05, 4.69) is 31.4 Å². The fourth-order valence-corrected chi connectivity index (χ4v) is 1.09. The number of nitrogens with one attached hydrogen (secondary N) is 1. The van der Waals surface area contributed by atoms with Gasteiger partial charge in [0.25, 0.3) is 0 Å². The van der Waals surface area contributed by atoms with E-state index in [0.29, 0.717) is 0 Å². The average molecular weight is 161 g/mol. The van der Waals surface area contributed by atoms with Gasteiger partial charge < -0.3 is 0 Å². The molecule has 0 saturated carbocycles. The molecule has 0 atom stereocenters. The third-order valence-electron chi connectivity index (χ3n) is 1.57. The number of hydrogen-bond donors (Lipinski definition) is 2. The summed E-state index contributed by atoms with van der Waals surface area (Å²) in [5.74, 6) is 0.865. The molecule has 0 fully saturated rings. The third-order valence-corrected chi connectivity index (χ3v) is 1.79. The van der Waals surface area contributed by atoms with Gasteiger partial charge in [0.1, 0.15) is 0 Å². The normalized spacial score (nSPS) is 10.8. The van der Waals surface area contributed by atoms with E-state index in [9.17, 15) is 0 Å². The highest BCUT2D eigenvalue weighted by molar-refractivity contribution is 7.78. The van der Waals surface area contributed by atoms with Crippen molar-refractivity contribution < 1.29 is 0 Å². The third kappa shape index (κ3) is 8.31. The van der Waals surface area contributed by atoms with Crippen LogP contribution in [-0.4, -0.2) is 6.54 Å². The quantitative estimate of drug-likeness (QED) is 0.451.